The van der Waals surface area contributed by atoms with Crippen molar-refractivity contribution in [1.29, 1.82) is 5.26 Å². The van der Waals surface area contributed by atoms with Gasteiger partial charge in [0.25, 0.3) is 0 Å². The molecule has 3 aromatic rings. The molecule has 3 rings (SSSR count). The number of benzene rings is 1. The molecule has 0 saturated carbocycles. The molecule has 1 aromatic carbocycles. The summed E-state index contributed by atoms with van der Waals surface area (Å²) in [6.07, 6.45) is 1.41. The van der Waals surface area contributed by atoms with Gasteiger partial charge in [-0.1, -0.05) is 22.9 Å². The maximum absolute atomic E-state index is 14.5. The average Bonchev–Trinajstić information content (AvgIpc) is 3.23. The van der Waals surface area contributed by atoms with Crippen molar-refractivity contribution in [3.8, 4) is 38.8 Å². The topological polar surface area (TPSA) is 127 Å². The molecule has 0 aliphatic rings. The second kappa shape index (κ2) is 9.98. The van der Waals surface area contributed by atoms with E-state index in [0.29, 0.717) is 21.1 Å². The Labute approximate surface area is 187 Å². The van der Waals surface area contributed by atoms with Crippen LogP contribution in [0.4, 0.5) is 4.39 Å². The van der Waals surface area contributed by atoms with E-state index in [1.54, 1.807) is 6.07 Å². The Morgan fingerprint density at radius 1 is 1.29 bits per heavy atom. The number of rotatable bonds is 8. The van der Waals surface area contributed by atoms with Crippen molar-refractivity contribution in [2.24, 2.45) is 5.73 Å². The Kier molecular flexibility index (Phi) is 7.35. The number of halogens is 2. The number of ether oxygens (including phenoxy) is 2. The van der Waals surface area contributed by atoms with E-state index < -0.39 is 11.9 Å². The summed E-state index contributed by atoms with van der Waals surface area (Å²) in [5.41, 5.74) is 6.75. The first-order valence-corrected chi connectivity index (χ1v) is 10.4. The molecular formula is C20H19ClFN5O3S. The summed E-state index contributed by atoms with van der Waals surface area (Å²) in [5.74, 6) is -0.483. The summed E-state index contributed by atoms with van der Waals surface area (Å²) in [5, 5.41) is 27.6. The maximum atomic E-state index is 14.5. The van der Waals surface area contributed by atoms with Gasteiger partial charge in [0, 0.05) is 23.4 Å². The van der Waals surface area contributed by atoms with Crippen molar-refractivity contribution < 1.29 is 19.0 Å². The first-order chi connectivity index (χ1) is 14.8. The zero-order valence-corrected chi connectivity index (χ0v) is 18.2. The summed E-state index contributed by atoms with van der Waals surface area (Å²) in [6.45, 7) is 3.34. The fourth-order valence-corrected chi connectivity index (χ4v) is 3.62. The Bertz CT molecular complexity index is 1120. The van der Waals surface area contributed by atoms with Crippen LogP contribution in [0.15, 0.2) is 24.4 Å². The van der Waals surface area contributed by atoms with Crippen molar-refractivity contribution in [3.05, 3.63) is 40.8 Å². The fourth-order valence-electron chi connectivity index (χ4n) is 2.47. The molecule has 162 valence electrons. The first kappa shape index (κ1) is 22.8. The molecule has 0 saturated heterocycles. The van der Waals surface area contributed by atoms with Crippen molar-refractivity contribution in [2.45, 2.75) is 26.0 Å². The minimum Gasteiger partial charge on any atom is -0.489 e. The van der Waals surface area contributed by atoms with Gasteiger partial charge in [0.05, 0.1) is 23.8 Å². The number of aliphatic hydroxyl groups excluding tert-OH is 1. The molecule has 3 N–H and O–H groups in total. The molecule has 1 atom stereocenters. The third-order valence-electron chi connectivity index (χ3n) is 3.93. The lowest BCUT2D eigenvalue weighted by molar-refractivity contribution is 0.202. The molecule has 2 heterocycles. The Morgan fingerprint density at radius 2 is 2.03 bits per heavy atom. The van der Waals surface area contributed by atoms with Crippen LogP contribution in [0.1, 0.15) is 19.4 Å². The number of hydrogen-bond acceptors (Lipinski definition) is 9. The quantitative estimate of drug-likeness (QED) is 0.520. The molecule has 8 nitrogen and oxygen atoms in total. The Hall–Kier alpha value is -2.84. The highest BCUT2D eigenvalue weighted by atomic mass is 35.5. The summed E-state index contributed by atoms with van der Waals surface area (Å²) in [4.78, 5) is 4.20. The number of hydrogen-bond donors (Lipinski definition) is 2. The zero-order valence-electron chi connectivity index (χ0n) is 16.7. The third-order valence-corrected chi connectivity index (χ3v) is 5.25. The van der Waals surface area contributed by atoms with Crippen molar-refractivity contribution in [2.75, 3.05) is 13.2 Å². The first-order valence-electron chi connectivity index (χ1n) is 9.21. The zero-order chi connectivity index (χ0) is 22.5. The van der Waals surface area contributed by atoms with Crippen LogP contribution < -0.4 is 15.2 Å². The Balaban J connectivity index is 1.87. The second-order valence-electron chi connectivity index (χ2n) is 6.78. The van der Waals surface area contributed by atoms with Crippen LogP contribution in [0.25, 0.3) is 21.1 Å². The molecule has 0 amide bonds. The van der Waals surface area contributed by atoms with E-state index >= 15 is 0 Å². The highest BCUT2D eigenvalue weighted by molar-refractivity contribution is 7.18. The van der Waals surface area contributed by atoms with Gasteiger partial charge in [-0.05, 0) is 26.0 Å². The summed E-state index contributed by atoms with van der Waals surface area (Å²) in [6, 6.07) is 5.56. The number of nitriles is 1. The van der Waals surface area contributed by atoms with Crippen LogP contribution in [0, 0.1) is 17.1 Å². The van der Waals surface area contributed by atoms with Gasteiger partial charge in [-0.15, -0.1) is 10.2 Å². The van der Waals surface area contributed by atoms with Crippen LogP contribution in [0.5, 0.6) is 11.6 Å². The van der Waals surface area contributed by atoms with Gasteiger partial charge in [-0.25, -0.2) is 9.37 Å². The second-order valence-corrected chi connectivity index (χ2v) is 8.17. The van der Waals surface area contributed by atoms with E-state index in [0.717, 1.165) is 0 Å². The number of aliphatic hydroxyl groups is 1. The van der Waals surface area contributed by atoms with Crippen LogP contribution in [0.3, 0.4) is 0 Å². The monoisotopic (exact) mass is 463 g/mol. The summed E-state index contributed by atoms with van der Waals surface area (Å²) in [7, 11) is 0. The van der Waals surface area contributed by atoms with E-state index in [1.165, 1.54) is 29.7 Å². The third kappa shape index (κ3) is 5.45. The van der Waals surface area contributed by atoms with E-state index in [9.17, 15) is 9.65 Å². The minimum absolute atomic E-state index is 0.0587. The van der Waals surface area contributed by atoms with E-state index in [-0.39, 0.29) is 41.5 Å². The van der Waals surface area contributed by atoms with Gasteiger partial charge >= 0.3 is 0 Å². The Morgan fingerprint density at radius 3 is 2.71 bits per heavy atom. The number of aromatic nitrogens is 3. The molecule has 11 heteroatoms. The van der Waals surface area contributed by atoms with Crippen LogP contribution >= 0.6 is 22.9 Å². The van der Waals surface area contributed by atoms with Gasteiger partial charge in [0.2, 0.25) is 5.88 Å². The molecule has 0 aliphatic heterocycles. The average molecular weight is 464 g/mol. The highest BCUT2D eigenvalue weighted by Crippen LogP contribution is 2.37. The smallest absolute Gasteiger partial charge is 0.231 e. The SMILES string of the molecule is CC(C)Oc1ncc(-c2nnc(-c3cc(F)c(OC[C@H](N)CO)cc3Cl)s2)cc1C#N. The summed E-state index contributed by atoms with van der Waals surface area (Å²) < 4.78 is 25.3. The minimum atomic E-state index is -0.648. The molecule has 0 aliphatic carbocycles. The van der Waals surface area contributed by atoms with Gasteiger partial charge in [-0.3, -0.25) is 0 Å². The normalized spacial score (nSPS) is 11.9. The van der Waals surface area contributed by atoms with Crippen LogP contribution in [-0.4, -0.2) is 45.6 Å². The van der Waals surface area contributed by atoms with Crippen LogP contribution in [0.2, 0.25) is 5.02 Å². The lowest BCUT2D eigenvalue weighted by Gasteiger charge is -2.12. The summed E-state index contributed by atoms with van der Waals surface area (Å²) >= 11 is 7.47. The number of nitrogens with two attached hydrogens (primary N) is 1. The van der Waals surface area contributed by atoms with Gasteiger partial charge < -0.3 is 20.3 Å². The van der Waals surface area contributed by atoms with Crippen molar-refractivity contribution >= 4 is 22.9 Å². The van der Waals surface area contributed by atoms with Crippen LogP contribution in [-0.2, 0) is 0 Å². The molecule has 2 aromatic heterocycles. The van der Waals surface area contributed by atoms with Gasteiger partial charge in [0.15, 0.2) is 11.6 Å². The van der Waals surface area contributed by atoms with Gasteiger partial charge in [-0.2, -0.15) is 5.26 Å². The largest absolute Gasteiger partial charge is 0.489 e. The lowest BCUT2D eigenvalue weighted by Crippen LogP contribution is -2.31. The molecule has 0 unspecified atom stereocenters. The van der Waals surface area contributed by atoms with Crippen molar-refractivity contribution in [3.63, 3.8) is 0 Å². The molecule has 0 spiro atoms. The molecular weight excluding hydrogens is 445 g/mol. The van der Waals surface area contributed by atoms with E-state index in [4.69, 9.17) is 31.9 Å². The number of nitrogens with zero attached hydrogens (tertiary/aromatic N) is 4. The van der Waals surface area contributed by atoms with E-state index in [2.05, 4.69) is 21.3 Å². The maximum Gasteiger partial charge on any atom is 0.231 e. The lowest BCUT2D eigenvalue weighted by atomic mass is 10.2. The number of pyridine rings is 1. The highest BCUT2D eigenvalue weighted by Gasteiger charge is 2.18. The molecule has 0 fully saturated rings. The standard InChI is InChI=1S/C20H19ClFN5O3S/c1-10(2)30-18-11(6-23)3-12(7-25-18)19-26-27-20(31-19)14-4-16(22)17(5-15(14)21)29-9-13(24)8-28/h3-5,7,10,13,28H,8-9,24H2,1-2H3/t13-/m1/s1. The van der Waals surface area contributed by atoms with Gasteiger partial charge in [0.1, 0.15) is 28.3 Å². The fraction of sp³-hybridized carbons (Fsp3) is 0.300. The predicted octanol–water partition coefficient (Wildman–Crippen LogP) is 3.42. The molecule has 31 heavy (non-hydrogen) atoms. The van der Waals surface area contributed by atoms with Crippen molar-refractivity contribution in [1.82, 2.24) is 15.2 Å². The molecule has 0 radical (unpaired) electrons. The van der Waals surface area contributed by atoms with E-state index in [1.807, 2.05) is 13.8 Å². The predicted molar refractivity (Wildman–Crippen MR) is 115 cm³/mol. The molecule has 0 bridgehead atoms.